The molecule has 0 bridgehead atoms. The summed E-state index contributed by atoms with van der Waals surface area (Å²) in [5, 5.41) is 0. The van der Waals surface area contributed by atoms with E-state index in [4.69, 9.17) is 4.74 Å². The lowest BCUT2D eigenvalue weighted by atomic mass is 9.97. The molecule has 0 spiro atoms. The molecule has 0 aliphatic rings. The first-order chi connectivity index (χ1) is 9.58. The Balaban J connectivity index is 2.28. The Labute approximate surface area is 120 Å². The fourth-order valence-electron chi connectivity index (χ4n) is 1.88. The predicted molar refractivity (Wildman–Crippen MR) is 83.1 cm³/mol. The lowest BCUT2D eigenvalue weighted by Crippen LogP contribution is -2.31. The highest BCUT2D eigenvalue weighted by Crippen LogP contribution is 2.22. The molecule has 0 radical (unpaired) electrons. The molecule has 0 heterocycles. The van der Waals surface area contributed by atoms with Crippen LogP contribution in [0.3, 0.4) is 0 Å². The molecule has 1 amide bonds. The first kappa shape index (κ1) is 14.2. The second-order valence-corrected chi connectivity index (χ2v) is 4.95. The fourth-order valence-corrected chi connectivity index (χ4v) is 1.88. The van der Waals surface area contributed by atoms with Crippen LogP contribution in [0.2, 0.25) is 0 Å². The van der Waals surface area contributed by atoms with Crippen molar-refractivity contribution in [3.63, 3.8) is 0 Å². The molecule has 20 heavy (non-hydrogen) atoms. The van der Waals surface area contributed by atoms with Gasteiger partial charge < -0.3 is 9.64 Å². The summed E-state index contributed by atoms with van der Waals surface area (Å²) in [5.74, 6) is 0.622. The molecule has 2 aromatic rings. The molecule has 0 aliphatic heterocycles. The number of hydrogen-bond donors (Lipinski definition) is 0. The number of carbonyl (C=O) groups is 1. The Hall–Kier alpha value is -2.23. The highest BCUT2D eigenvalue weighted by molar-refractivity contribution is 6.32. The van der Waals surface area contributed by atoms with Crippen LogP contribution in [0.25, 0.3) is 0 Å². The van der Waals surface area contributed by atoms with E-state index in [0.717, 1.165) is 11.0 Å². The van der Waals surface area contributed by atoms with Gasteiger partial charge in [-0.1, -0.05) is 47.9 Å². The van der Waals surface area contributed by atoms with E-state index in [2.05, 4.69) is 0 Å². The maximum absolute atomic E-state index is 12.3. The third-order valence-corrected chi connectivity index (χ3v) is 3.04. The molecule has 3 nitrogen and oxygen atoms in total. The minimum Gasteiger partial charge on any atom is -0.476 e. The molecule has 4 heteroatoms. The second kappa shape index (κ2) is 6.28. The summed E-state index contributed by atoms with van der Waals surface area (Å²) in [5.41, 5.74) is 2.01. The van der Waals surface area contributed by atoms with E-state index in [1.807, 2.05) is 62.4 Å². The molecule has 1 unspecified atom stereocenters. The van der Waals surface area contributed by atoms with Gasteiger partial charge in [0.1, 0.15) is 13.6 Å². The van der Waals surface area contributed by atoms with Gasteiger partial charge in [0.2, 0.25) is 6.10 Å². The summed E-state index contributed by atoms with van der Waals surface area (Å²) in [6, 6.07) is 17.2. The van der Waals surface area contributed by atoms with Crippen molar-refractivity contribution in [1.29, 1.82) is 0 Å². The summed E-state index contributed by atoms with van der Waals surface area (Å²) in [7, 11) is 5.48. The zero-order chi connectivity index (χ0) is 14.5. The monoisotopic (exact) mass is 267 g/mol. The van der Waals surface area contributed by atoms with Crippen molar-refractivity contribution in [2.24, 2.45) is 0 Å². The molecule has 2 aromatic carbocycles. The van der Waals surface area contributed by atoms with E-state index >= 15 is 0 Å². The molecule has 0 saturated carbocycles. The number of rotatable bonds is 4. The van der Waals surface area contributed by atoms with Crippen molar-refractivity contribution in [3.05, 3.63) is 60.2 Å². The van der Waals surface area contributed by atoms with E-state index in [0.29, 0.717) is 5.75 Å². The number of carbonyl (C=O) groups excluding carboxylic acids is 1. The van der Waals surface area contributed by atoms with Crippen LogP contribution in [0.15, 0.2) is 54.6 Å². The Morgan fingerprint density at radius 3 is 2.20 bits per heavy atom. The number of ether oxygens (including phenoxy) is 1. The average Bonchev–Trinajstić information content (AvgIpc) is 2.47. The molecule has 1 atom stereocenters. The zero-order valence-corrected chi connectivity index (χ0v) is 12.0. The summed E-state index contributed by atoms with van der Waals surface area (Å²) in [6.45, 7) is 0. The van der Waals surface area contributed by atoms with Gasteiger partial charge in [-0.2, -0.15) is 0 Å². The van der Waals surface area contributed by atoms with E-state index in [1.54, 1.807) is 19.0 Å². The van der Waals surface area contributed by atoms with Crippen LogP contribution in [0, 0.1) is 0 Å². The van der Waals surface area contributed by atoms with Gasteiger partial charge in [-0.05, 0) is 12.1 Å². The van der Waals surface area contributed by atoms with Crippen LogP contribution in [-0.4, -0.2) is 32.7 Å². The quantitative estimate of drug-likeness (QED) is 0.778. The van der Waals surface area contributed by atoms with Crippen molar-refractivity contribution in [2.75, 3.05) is 14.1 Å². The third kappa shape index (κ3) is 3.41. The number of benzene rings is 2. The maximum Gasteiger partial charge on any atom is 0.267 e. The molecule has 0 aromatic heterocycles. The highest BCUT2D eigenvalue weighted by Gasteiger charge is 2.24. The SMILES string of the molecule is Bc1ccc(OC(C(=O)N(C)C)c2ccccc2)cc1. The topological polar surface area (TPSA) is 29.5 Å². The summed E-state index contributed by atoms with van der Waals surface area (Å²) >= 11 is 0. The van der Waals surface area contributed by atoms with Gasteiger partial charge in [0.25, 0.3) is 5.91 Å². The Morgan fingerprint density at radius 1 is 1.05 bits per heavy atom. The van der Waals surface area contributed by atoms with Crippen molar-refractivity contribution in [3.8, 4) is 5.75 Å². The van der Waals surface area contributed by atoms with Crippen molar-refractivity contribution < 1.29 is 9.53 Å². The van der Waals surface area contributed by atoms with Gasteiger partial charge in [0.15, 0.2) is 0 Å². The molecule has 0 aliphatic carbocycles. The molecular weight excluding hydrogens is 249 g/mol. The summed E-state index contributed by atoms with van der Waals surface area (Å²) in [6.07, 6.45) is -0.617. The molecule has 0 fully saturated rings. The van der Waals surface area contributed by atoms with Crippen LogP contribution >= 0.6 is 0 Å². The Kier molecular flexibility index (Phi) is 4.46. The second-order valence-electron chi connectivity index (χ2n) is 4.95. The van der Waals surface area contributed by atoms with Crippen LogP contribution in [0.4, 0.5) is 0 Å². The third-order valence-electron chi connectivity index (χ3n) is 3.04. The number of amides is 1. The van der Waals surface area contributed by atoms with Gasteiger partial charge in [-0.25, -0.2) is 0 Å². The summed E-state index contributed by atoms with van der Waals surface area (Å²) < 4.78 is 5.89. The predicted octanol–water partition coefficient (Wildman–Crippen LogP) is 1.15. The van der Waals surface area contributed by atoms with Gasteiger partial charge in [0, 0.05) is 19.7 Å². The maximum atomic E-state index is 12.3. The lowest BCUT2D eigenvalue weighted by Gasteiger charge is -2.22. The van der Waals surface area contributed by atoms with E-state index in [9.17, 15) is 4.79 Å². The van der Waals surface area contributed by atoms with Crippen LogP contribution < -0.4 is 10.2 Å². The summed E-state index contributed by atoms with van der Waals surface area (Å²) in [4.78, 5) is 13.9. The first-order valence-electron chi connectivity index (χ1n) is 6.57. The molecule has 0 saturated heterocycles. The Morgan fingerprint density at radius 2 is 1.65 bits per heavy atom. The van der Waals surface area contributed by atoms with Crippen molar-refractivity contribution in [2.45, 2.75) is 6.10 Å². The Bertz CT molecular complexity index is 567. The highest BCUT2D eigenvalue weighted by atomic mass is 16.5. The zero-order valence-electron chi connectivity index (χ0n) is 12.0. The number of hydrogen-bond acceptors (Lipinski definition) is 2. The normalized spacial score (nSPS) is 11.7. The van der Waals surface area contributed by atoms with Crippen molar-refractivity contribution >= 4 is 19.2 Å². The number of nitrogens with zero attached hydrogens (tertiary/aromatic N) is 1. The van der Waals surface area contributed by atoms with Crippen LogP contribution in [0.1, 0.15) is 11.7 Å². The van der Waals surface area contributed by atoms with Crippen LogP contribution in [0.5, 0.6) is 5.75 Å². The molecule has 102 valence electrons. The molecule has 2 rings (SSSR count). The van der Waals surface area contributed by atoms with E-state index < -0.39 is 6.10 Å². The van der Waals surface area contributed by atoms with Gasteiger partial charge in [0.05, 0.1) is 0 Å². The molecule has 0 N–H and O–H groups in total. The molecular formula is C16H18BNO2. The van der Waals surface area contributed by atoms with E-state index in [-0.39, 0.29) is 5.91 Å². The van der Waals surface area contributed by atoms with Crippen LogP contribution in [-0.2, 0) is 4.79 Å². The van der Waals surface area contributed by atoms with Gasteiger partial charge in [-0.3, -0.25) is 4.79 Å². The first-order valence-corrected chi connectivity index (χ1v) is 6.57. The standard InChI is InChI=1S/C16H18BNO2/c1-18(2)16(19)15(12-6-4-3-5-7-12)20-14-10-8-13(17)9-11-14/h3-11,15H,17H2,1-2H3. The smallest absolute Gasteiger partial charge is 0.267 e. The van der Waals surface area contributed by atoms with Crippen molar-refractivity contribution in [1.82, 2.24) is 4.90 Å². The average molecular weight is 267 g/mol. The largest absolute Gasteiger partial charge is 0.476 e. The van der Waals surface area contributed by atoms with Gasteiger partial charge >= 0.3 is 0 Å². The lowest BCUT2D eigenvalue weighted by molar-refractivity contribution is -0.136. The van der Waals surface area contributed by atoms with Gasteiger partial charge in [-0.15, -0.1) is 0 Å². The van der Waals surface area contributed by atoms with E-state index in [1.165, 1.54) is 0 Å². The number of likely N-dealkylation sites (N-methyl/N-ethyl adjacent to an activating group) is 1. The minimum absolute atomic E-state index is 0.0724. The minimum atomic E-state index is -0.617. The fraction of sp³-hybridized carbons (Fsp3) is 0.188.